The van der Waals surface area contributed by atoms with E-state index < -0.39 is 23.4 Å². The first-order chi connectivity index (χ1) is 10.1. The number of halogens is 1. The Labute approximate surface area is 124 Å². The van der Waals surface area contributed by atoms with Crippen molar-refractivity contribution in [1.82, 2.24) is 5.32 Å². The standard InChI is InChI=1S/C14H13FN2O3S/c15-10-4-1-5-11(12(10)13(18)19)17-14(20)16-7-6-9-3-2-8-21-9/h1-5,8H,6-7H2,(H,18,19)(H2,16,17,20). The van der Waals surface area contributed by atoms with Crippen LogP contribution in [0.5, 0.6) is 0 Å². The molecule has 5 nitrogen and oxygen atoms in total. The topological polar surface area (TPSA) is 78.4 Å². The number of benzene rings is 1. The third-order valence-corrected chi connectivity index (χ3v) is 3.65. The van der Waals surface area contributed by atoms with E-state index in [1.54, 1.807) is 11.3 Å². The zero-order valence-electron chi connectivity index (χ0n) is 10.9. The molecule has 3 N–H and O–H groups in total. The van der Waals surface area contributed by atoms with Crippen LogP contribution in [-0.4, -0.2) is 23.7 Å². The molecule has 2 rings (SSSR count). The van der Waals surface area contributed by atoms with Gasteiger partial charge in [-0.05, 0) is 30.0 Å². The van der Waals surface area contributed by atoms with E-state index in [-0.39, 0.29) is 5.69 Å². The molecule has 1 aromatic carbocycles. The van der Waals surface area contributed by atoms with Crippen LogP contribution >= 0.6 is 11.3 Å². The fraction of sp³-hybridized carbons (Fsp3) is 0.143. The van der Waals surface area contributed by atoms with Gasteiger partial charge in [-0.1, -0.05) is 12.1 Å². The normalized spacial score (nSPS) is 10.1. The van der Waals surface area contributed by atoms with Crippen molar-refractivity contribution in [3.63, 3.8) is 0 Å². The molecule has 0 radical (unpaired) electrons. The first-order valence-electron chi connectivity index (χ1n) is 6.17. The lowest BCUT2D eigenvalue weighted by molar-refractivity contribution is 0.0693. The lowest BCUT2D eigenvalue weighted by Crippen LogP contribution is -2.31. The number of aromatic carboxylic acids is 1. The quantitative estimate of drug-likeness (QED) is 0.794. The van der Waals surface area contributed by atoms with E-state index in [0.29, 0.717) is 13.0 Å². The highest BCUT2D eigenvalue weighted by Crippen LogP contribution is 2.18. The van der Waals surface area contributed by atoms with Crippen molar-refractivity contribution in [3.05, 3.63) is 52.0 Å². The average Bonchev–Trinajstić information content (AvgIpc) is 2.91. The highest BCUT2D eigenvalue weighted by atomic mass is 32.1. The van der Waals surface area contributed by atoms with Crippen molar-refractivity contribution in [2.24, 2.45) is 0 Å². The van der Waals surface area contributed by atoms with Gasteiger partial charge in [0.2, 0.25) is 0 Å². The zero-order valence-corrected chi connectivity index (χ0v) is 11.7. The molecular formula is C14H13FN2O3S. The maximum absolute atomic E-state index is 13.4. The lowest BCUT2D eigenvalue weighted by atomic mass is 10.1. The molecule has 0 fully saturated rings. The number of hydrogen-bond donors (Lipinski definition) is 3. The summed E-state index contributed by atoms with van der Waals surface area (Å²) in [5.74, 6) is -2.32. The average molecular weight is 308 g/mol. The third-order valence-electron chi connectivity index (χ3n) is 2.71. The minimum Gasteiger partial charge on any atom is -0.478 e. The summed E-state index contributed by atoms with van der Waals surface area (Å²) in [6.45, 7) is 0.407. The molecule has 0 atom stereocenters. The molecule has 0 bridgehead atoms. The molecule has 21 heavy (non-hydrogen) atoms. The number of anilines is 1. The number of carbonyl (C=O) groups excluding carboxylic acids is 1. The molecule has 110 valence electrons. The van der Waals surface area contributed by atoms with E-state index >= 15 is 0 Å². The maximum atomic E-state index is 13.4. The van der Waals surface area contributed by atoms with Gasteiger partial charge < -0.3 is 15.7 Å². The SMILES string of the molecule is O=C(NCCc1cccs1)Nc1cccc(F)c1C(=O)O. The van der Waals surface area contributed by atoms with Gasteiger partial charge in [-0.2, -0.15) is 0 Å². The molecule has 0 aliphatic carbocycles. The second-order valence-electron chi connectivity index (χ2n) is 4.18. The van der Waals surface area contributed by atoms with Crippen LogP contribution in [0.4, 0.5) is 14.9 Å². The Morgan fingerprint density at radius 1 is 1.24 bits per heavy atom. The van der Waals surface area contributed by atoms with Crippen LogP contribution in [0, 0.1) is 5.82 Å². The van der Waals surface area contributed by atoms with Crippen LogP contribution < -0.4 is 10.6 Å². The van der Waals surface area contributed by atoms with Gasteiger partial charge in [0.25, 0.3) is 0 Å². The molecule has 1 heterocycles. The maximum Gasteiger partial charge on any atom is 0.340 e. The van der Waals surface area contributed by atoms with Crippen LogP contribution in [0.3, 0.4) is 0 Å². The lowest BCUT2D eigenvalue weighted by Gasteiger charge is -2.10. The van der Waals surface area contributed by atoms with Crippen molar-refractivity contribution in [1.29, 1.82) is 0 Å². The number of amides is 2. The monoisotopic (exact) mass is 308 g/mol. The van der Waals surface area contributed by atoms with Crippen molar-refractivity contribution >= 4 is 29.0 Å². The second-order valence-corrected chi connectivity index (χ2v) is 5.21. The number of nitrogens with one attached hydrogen (secondary N) is 2. The minimum atomic E-state index is -1.43. The zero-order chi connectivity index (χ0) is 15.2. The Balaban J connectivity index is 1.93. The fourth-order valence-corrected chi connectivity index (χ4v) is 2.48. The number of urea groups is 1. The van der Waals surface area contributed by atoms with Gasteiger partial charge in [0.1, 0.15) is 11.4 Å². The van der Waals surface area contributed by atoms with Gasteiger partial charge in [-0.15, -0.1) is 11.3 Å². The fourth-order valence-electron chi connectivity index (χ4n) is 1.77. The number of carboxylic acid groups (broad SMARTS) is 1. The number of thiophene rings is 1. The summed E-state index contributed by atoms with van der Waals surface area (Å²) < 4.78 is 13.4. The van der Waals surface area contributed by atoms with Crippen LogP contribution in [0.1, 0.15) is 15.2 Å². The Kier molecular flexibility index (Phi) is 4.89. The molecule has 0 spiro atoms. The van der Waals surface area contributed by atoms with Gasteiger partial charge >= 0.3 is 12.0 Å². The first kappa shape index (κ1) is 15.0. The predicted molar refractivity (Wildman–Crippen MR) is 78.4 cm³/mol. The van der Waals surface area contributed by atoms with E-state index in [2.05, 4.69) is 10.6 Å². The van der Waals surface area contributed by atoms with Crippen LogP contribution in [-0.2, 0) is 6.42 Å². The summed E-state index contributed by atoms with van der Waals surface area (Å²) in [6, 6.07) is 7.02. The van der Waals surface area contributed by atoms with Gasteiger partial charge in [0, 0.05) is 11.4 Å². The van der Waals surface area contributed by atoms with E-state index in [1.165, 1.54) is 12.1 Å². The summed E-state index contributed by atoms with van der Waals surface area (Å²) in [4.78, 5) is 23.8. The summed E-state index contributed by atoms with van der Waals surface area (Å²) in [5, 5.41) is 15.8. The van der Waals surface area contributed by atoms with Gasteiger partial charge in [0.05, 0.1) is 5.69 Å². The highest BCUT2D eigenvalue weighted by molar-refractivity contribution is 7.09. The Morgan fingerprint density at radius 2 is 2.05 bits per heavy atom. The Bertz CT molecular complexity index is 644. The first-order valence-corrected chi connectivity index (χ1v) is 7.05. The largest absolute Gasteiger partial charge is 0.478 e. The van der Waals surface area contributed by atoms with Crippen molar-refractivity contribution < 1.29 is 19.1 Å². The number of carbonyl (C=O) groups is 2. The van der Waals surface area contributed by atoms with Gasteiger partial charge in [0.15, 0.2) is 0 Å². The van der Waals surface area contributed by atoms with Crippen LogP contribution in [0.25, 0.3) is 0 Å². The number of carboxylic acids is 1. The summed E-state index contributed by atoms with van der Waals surface area (Å²) in [7, 11) is 0. The third kappa shape index (κ3) is 4.03. The van der Waals surface area contributed by atoms with E-state index in [1.807, 2.05) is 17.5 Å². The summed E-state index contributed by atoms with van der Waals surface area (Å²) in [6.07, 6.45) is 0.681. The molecule has 1 aromatic heterocycles. The van der Waals surface area contributed by atoms with E-state index in [9.17, 15) is 14.0 Å². The van der Waals surface area contributed by atoms with E-state index in [4.69, 9.17) is 5.11 Å². The minimum absolute atomic E-state index is 0.0730. The molecule has 0 aliphatic rings. The second kappa shape index (κ2) is 6.85. The number of hydrogen-bond acceptors (Lipinski definition) is 3. The van der Waals surface area contributed by atoms with Gasteiger partial charge in [-0.3, -0.25) is 0 Å². The smallest absolute Gasteiger partial charge is 0.340 e. The summed E-state index contributed by atoms with van der Waals surface area (Å²) >= 11 is 1.59. The van der Waals surface area contributed by atoms with Crippen molar-refractivity contribution in [3.8, 4) is 0 Å². The van der Waals surface area contributed by atoms with Crippen LogP contribution in [0.2, 0.25) is 0 Å². The molecule has 7 heteroatoms. The van der Waals surface area contributed by atoms with Crippen LogP contribution in [0.15, 0.2) is 35.7 Å². The van der Waals surface area contributed by atoms with Crippen molar-refractivity contribution in [2.75, 3.05) is 11.9 Å². The molecular weight excluding hydrogens is 295 g/mol. The van der Waals surface area contributed by atoms with Gasteiger partial charge in [-0.25, -0.2) is 14.0 Å². The Hall–Kier alpha value is -2.41. The molecule has 0 saturated carbocycles. The molecule has 0 unspecified atom stereocenters. The predicted octanol–water partition coefficient (Wildman–Crippen LogP) is 2.95. The highest BCUT2D eigenvalue weighted by Gasteiger charge is 2.16. The molecule has 0 aliphatic heterocycles. The van der Waals surface area contributed by atoms with E-state index in [0.717, 1.165) is 10.9 Å². The molecule has 0 saturated heterocycles. The molecule has 2 aromatic rings. The summed E-state index contributed by atoms with van der Waals surface area (Å²) in [5.41, 5.74) is -0.623. The van der Waals surface area contributed by atoms with Crippen molar-refractivity contribution in [2.45, 2.75) is 6.42 Å². The Morgan fingerprint density at radius 3 is 2.71 bits per heavy atom. The molecule has 2 amide bonds. The number of rotatable bonds is 5.